The van der Waals surface area contributed by atoms with Gasteiger partial charge in [-0.1, -0.05) is 97.1 Å². The van der Waals surface area contributed by atoms with Crippen LogP contribution in [-0.2, 0) is 0 Å². The van der Waals surface area contributed by atoms with Gasteiger partial charge in [0, 0.05) is 45.5 Å². The minimum Gasteiger partial charge on any atom is -0.456 e. The monoisotopic (exact) mass is 588 g/mol. The molecule has 0 bridgehead atoms. The third-order valence-corrected chi connectivity index (χ3v) is 8.88. The van der Waals surface area contributed by atoms with Gasteiger partial charge in [-0.2, -0.15) is 0 Å². The van der Waals surface area contributed by atoms with Crippen LogP contribution in [0.3, 0.4) is 0 Å². The van der Waals surface area contributed by atoms with E-state index in [1.165, 1.54) is 33.0 Å². The quantitative estimate of drug-likeness (QED) is 0.200. The van der Waals surface area contributed by atoms with Crippen LogP contribution in [0.5, 0.6) is 0 Å². The Balaban J connectivity index is 1.15. The first kappa shape index (κ1) is 26.2. The zero-order chi connectivity index (χ0) is 30.5. The smallest absolute Gasteiger partial charge is 0.137 e. The zero-order valence-electron chi connectivity index (χ0n) is 25.0. The zero-order valence-corrected chi connectivity index (χ0v) is 25.0. The van der Waals surface area contributed by atoms with E-state index in [2.05, 4.69) is 168 Å². The van der Waals surface area contributed by atoms with Crippen molar-refractivity contribution in [1.29, 1.82) is 0 Å². The first-order valence-electron chi connectivity index (χ1n) is 15.5. The summed E-state index contributed by atoms with van der Waals surface area (Å²) < 4.78 is 6.46. The van der Waals surface area contributed by atoms with E-state index < -0.39 is 0 Å². The van der Waals surface area contributed by atoms with Gasteiger partial charge in [0.15, 0.2) is 0 Å². The van der Waals surface area contributed by atoms with Crippen LogP contribution >= 0.6 is 0 Å². The second kappa shape index (κ2) is 10.8. The van der Waals surface area contributed by atoms with Crippen LogP contribution < -0.4 is 4.90 Å². The molecule has 0 aliphatic carbocycles. The molecule has 0 unspecified atom stereocenters. The molecule has 0 N–H and O–H groups in total. The van der Waals surface area contributed by atoms with Crippen molar-refractivity contribution in [2.75, 3.05) is 4.90 Å². The van der Waals surface area contributed by atoms with Gasteiger partial charge in [0.05, 0.1) is 5.52 Å². The second-order valence-corrected chi connectivity index (χ2v) is 11.7. The fraction of sp³-hybridized carbons (Fsp3) is 0. The lowest BCUT2D eigenvalue weighted by atomic mass is 10.0. The van der Waals surface area contributed by atoms with E-state index in [4.69, 9.17) is 4.42 Å². The Hall–Kier alpha value is -6.19. The molecule has 0 saturated carbocycles. The number of hydrogen-bond donors (Lipinski definition) is 0. The van der Waals surface area contributed by atoms with Crippen molar-refractivity contribution in [3.8, 4) is 22.3 Å². The van der Waals surface area contributed by atoms with Gasteiger partial charge in [-0.3, -0.25) is 4.98 Å². The highest BCUT2D eigenvalue weighted by Crippen LogP contribution is 2.40. The molecule has 2 aromatic heterocycles. The second-order valence-electron chi connectivity index (χ2n) is 11.7. The molecule has 46 heavy (non-hydrogen) atoms. The Kier molecular flexibility index (Phi) is 6.14. The standard InChI is InChI=1S/C43H28N2O/c1-2-7-29(8-3-1)31-14-18-36(19-15-31)45(37-20-16-32(17-21-37)34-13-12-30-9-4-5-10-33(30)25-34)38-22-23-39-40-28-41-35(11-6-24-44-41)26-42(40)46-43(39)27-38/h1-28H. The molecule has 9 rings (SSSR count). The molecule has 0 aliphatic heterocycles. The van der Waals surface area contributed by atoms with E-state index in [0.717, 1.165) is 49.9 Å². The van der Waals surface area contributed by atoms with Gasteiger partial charge >= 0.3 is 0 Å². The van der Waals surface area contributed by atoms with Crippen LogP contribution in [0.4, 0.5) is 17.1 Å². The summed E-state index contributed by atoms with van der Waals surface area (Å²) in [5.74, 6) is 0. The molecule has 0 amide bonds. The van der Waals surface area contributed by atoms with Crippen molar-refractivity contribution >= 4 is 60.7 Å². The third-order valence-electron chi connectivity index (χ3n) is 8.88. The van der Waals surface area contributed by atoms with Crippen LogP contribution in [0.25, 0.3) is 65.9 Å². The maximum absolute atomic E-state index is 6.46. The average molecular weight is 589 g/mol. The van der Waals surface area contributed by atoms with Crippen LogP contribution in [-0.4, -0.2) is 4.98 Å². The van der Waals surface area contributed by atoms with Gasteiger partial charge in [0.25, 0.3) is 0 Å². The highest BCUT2D eigenvalue weighted by Gasteiger charge is 2.17. The molecule has 0 aliphatic rings. The fourth-order valence-electron chi connectivity index (χ4n) is 6.52. The number of rotatable bonds is 5. The Labute approximate surface area is 266 Å². The molecular formula is C43H28N2O. The SMILES string of the molecule is c1ccc(-c2ccc(N(c3ccc(-c4ccc5ccccc5c4)cc3)c3ccc4c(c3)oc3cc5cccnc5cc34)cc2)cc1. The normalized spacial score (nSPS) is 11.5. The fourth-order valence-corrected chi connectivity index (χ4v) is 6.52. The number of anilines is 3. The summed E-state index contributed by atoms with van der Waals surface area (Å²) in [6.07, 6.45) is 1.83. The molecular weight excluding hydrogens is 560 g/mol. The number of fused-ring (bicyclic) bond motifs is 5. The lowest BCUT2D eigenvalue weighted by Gasteiger charge is -2.26. The summed E-state index contributed by atoms with van der Waals surface area (Å²) in [5.41, 5.74) is 10.6. The molecule has 0 fully saturated rings. The van der Waals surface area contributed by atoms with Crippen LogP contribution in [0.2, 0.25) is 0 Å². The van der Waals surface area contributed by atoms with E-state index in [1.54, 1.807) is 0 Å². The first-order valence-corrected chi connectivity index (χ1v) is 15.5. The molecule has 0 saturated heterocycles. The lowest BCUT2D eigenvalue weighted by molar-refractivity contribution is 0.669. The van der Waals surface area contributed by atoms with E-state index in [9.17, 15) is 0 Å². The number of pyridine rings is 1. The number of furan rings is 1. The average Bonchev–Trinajstić information content (AvgIpc) is 3.48. The van der Waals surface area contributed by atoms with Gasteiger partial charge in [0.1, 0.15) is 11.2 Å². The molecule has 0 spiro atoms. The van der Waals surface area contributed by atoms with Crippen LogP contribution in [0, 0.1) is 0 Å². The minimum atomic E-state index is 0.849. The molecule has 216 valence electrons. The highest BCUT2D eigenvalue weighted by atomic mass is 16.3. The van der Waals surface area contributed by atoms with E-state index in [-0.39, 0.29) is 0 Å². The summed E-state index contributed by atoms with van der Waals surface area (Å²) in [5, 5.41) is 5.72. The summed E-state index contributed by atoms with van der Waals surface area (Å²) in [6, 6.07) is 58.0. The van der Waals surface area contributed by atoms with Gasteiger partial charge in [-0.05, 0) is 93.7 Å². The van der Waals surface area contributed by atoms with Crippen molar-refractivity contribution in [2.45, 2.75) is 0 Å². The number of benzene rings is 7. The molecule has 7 aromatic carbocycles. The summed E-state index contributed by atoms with van der Waals surface area (Å²) in [4.78, 5) is 6.86. The molecule has 2 heterocycles. The van der Waals surface area contributed by atoms with Crippen molar-refractivity contribution in [3.63, 3.8) is 0 Å². The third kappa shape index (κ3) is 4.58. The maximum Gasteiger partial charge on any atom is 0.137 e. The molecule has 3 heteroatoms. The predicted octanol–water partition coefficient (Wildman–Crippen LogP) is 12.1. The number of nitrogens with zero attached hydrogens (tertiary/aromatic N) is 2. The summed E-state index contributed by atoms with van der Waals surface area (Å²) in [7, 11) is 0. The predicted molar refractivity (Wildman–Crippen MR) is 192 cm³/mol. The Morgan fingerprint density at radius 2 is 1.00 bits per heavy atom. The van der Waals surface area contributed by atoms with Crippen LogP contribution in [0.1, 0.15) is 0 Å². The Morgan fingerprint density at radius 1 is 0.391 bits per heavy atom. The summed E-state index contributed by atoms with van der Waals surface area (Å²) in [6.45, 7) is 0. The summed E-state index contributed by atoms with van der Waals surface area (Å²) >= 11 is 0. The molecule has 0 atom stereocenters. The van der Waals surface area contributed by atoms with Gasteiger partial charge in [-0.15, -0.1) is 0 Å². The van der Waals surface area contributed by atoms with Crippen molar-refractivity contribution in [2.24, 2.45) is 0 Å². The van der Waals surface area contributed by atoms with Gasteiger partial charge < -0.3 is 9.32 Å². The number of hydrogen-bond acceptors (Lipinski definition) is 3. The van der Waals surface area contributed by atoms with Gasteiger partial charge in [-0.25, -0.2) is 0 Å². The molecule has 9 aromatic rings. The highest BCUT2D eigenvalue weighted by molar-refractivity contribution is 6.10. The maximum atomic E-state index is 6.46. The minimum absolute atomic E-state index is 0.849. The lowest BCUT2D eigenvalue weighted by Crippen LogP contribution is -2.09. The van der Waals surface area contributed by atoms with E-state index in [1.807, 2.05) is 12.3 Å². The first-order chi connectivity index (χ1) is 22.8. The van der Waals surface area contributed by atoms with Gasteiger partial charge in [0.2, 0.25) is 0 Å². The molecule has 3 nitrogen and oxygen atoms in total. The Morgan fingerprint density at radius 3 is 1.78 bits per heavy atom. The van der Waals surface area contributed by atoms with Crippen molar-refractivity contribution in [1.82, 2.24) is 4.98 Å². The van der Waals surface area contributed by atoms with Crippen molar-refractivity contribution in [3.05, 3.63) is 170 Å². The topological polar surface area (TPSA) is 29.3 Å². The largest absolute Gasteiger partial charge is 0.456 e. The van der Waals surface area contributed by atoms with Crippen molar-refractivity contribution < 1.29 is 4.42 Å². The van der Waals surface area contributed by atoms with E-state index >= 15 is 0 Å². The van der Waals surface area contributed by atoms with E-state index in [0.29, 0.717) is 0 Å². The van der Waals surface area contributed by atoms with Crippen LogP contribution in [0.15, 0.2) is 174 Å². The molecule has 0 radical (unpaired) electrons. The Bertz CT molecular complexity index is 2510. The number of aromatic nitrogens is 1.